The summed E-state index contributed by atoms with van der Waals surface area (Å²) >= 11 is 16.5. The standard InChI is InChI=1S/C22H16BrClN2OS2/c1-13-10-15(14(2)25(13)17-8-9-18(23)19(24)12-17)11-20-21(27)26(22(28)29-20)16-6-4-3-5-7-16/h3-12H,1-2H3/b20-11+. The Morgan fingerprint density at radius 1 is 1.07 bits per heavy atom. The summed E-state index contributed by atoms with van der Waals surface area (Å²) in [5, 5.41) is 0.653. The highest BCUT2D eigenvalue weighted by Gasteiger charge is 2.33. The average molecular weight is 504 g/mol. The number of thioether (sulfide) groups is 1. The van der Waals surface area contributed by atoms with Gasteiger partial charge in [-0.1, -0.05) is 53.8 Å². The lowest BCUT2D eigenvalue weighted by molar-refractivity contribution is -0.113. The lowest BCUT2D eigenvalue weighted by atomic mass is 10.2. The van der Waals surface area contributed by atoms with Crippen LogP contribution in [0.15, 0.2) is 64.0 Å². The van der Waals surface area contributed by atoms with Crippen molar-refractivity contribution in [2.45, 2.75) is 13.8 Å². The summed E-state index contributed by atoms with van der Waals surface area (Å²) < 4.78 is 3.53. The van der Waals surface area contributed by atoms with Crippen LogP contribution >= 0.6 is 51.5 Å². The third kappa shape index (κ3) is 3.82. The number of carbonyl (C=O) groups excluding carboxylic acids is 1. The van der Waals surface area contributed by atoms with Crippen LogP contribution in [-0.2, 0) is 4.79 Å². The first-order chi connectivity index (χ1) is 13.9. The van der Waals surface area contributed by atoms with Gasteiger partial charge in [-0.05, 0) is 77.8 Å². The van der Waals surface area contributed by atoms with Gasteiger partial charge in [-0.15, -0.1) is 0 Å². The number of para-hydroxylation sites is 1. The van der Waals surface area contributed by atoms with E-state index < -0.39 is 0 Å². The number of hydrogen-bond donors (Lipinski definition) is 0. The molecular formula is C22H16BrClN2OS2. The molecule has 1 aliphatic rings. The van der Waals surface area contributed by atoms with Crippen LogP contribution in [0.4, 0.5) is 5.69 Å². The minimum atomic E-state index is -0.0947. The van der Waals surface area contributed by atoms with Gasteiger partial charge in [-0.25, -0.2) is 0 Å². The van der Waals surface area contributed by atoms with E-state index in [1.54, 1.807) is 4.90 Å². The number of halogens is 2. The van der Waals surface area contributed by atoms with Crippen molar-refractivity contribution in [1.29, 1.82) is 0 Å². The molecule has 0 N–H and O–H groups in total. The van der Waals surface area contributed by atoms with Crippen molar-refractivity contribution in [1.82, 2.24) is 4.57 Å². The molecule has 0 spiro atoms. The lowest BCUT2D eigenvalue weighted by Gasteiger charge is -2.13. The molecular weight excluding hydrogens is 488 g/mol. The molecule has 7 heteroatoms. The van der Waals surface area contributed by atoms with Crippen LogP contribution in [0.1, 0.15) is 17.0 Å². The van der Waals surface area contributed by atoms with E-state index in [1.165, 1.54) is 11.8 Å². The minimum absolute atomic E-state index is 0.0947. The molecule has 0 atom stereocenters. The van der Waals surface area contributed by atoms with Gasteiger partial charge in [0.2, 0.25) is 0 Å². The number of carbonyl (C=O) groups is 1. The molecule has 3 nitrogen and oxygen atoms in total. The summed E-state index contributed by atoms with van der Waals surface area (Å²) in [7, 11) is 0. The van der Waals surface area contributed by atoms with Gasteiger partial charge in [-0.2, -0.15) is 0 Å². The van der Waals surface area contributed by atoms with E-state index in [0.717, 1.165) is 32.8 Å². The second kappa shape index (κ2) is 8.11. The minimum Gasteiger partial charge on any atom is -0.318 e. The summed E-state index contributed by atoms with van der Waals surface area (Å²) in [5.41, 5.74) is 4.84. The van der Waals surface area contributed by atoms with E-state index >= 15 is 0 Å². The van der Waals surface area contributed by atoms with Crippen LogP contribution in [0.25, 0.3) is 11.8 Å². The number of aryl methyl sites for hydroxylation is 1. The molecule has 4 rings (SSSR count). The zero-order valence-electron chi connectivity index (χ0n) is 15.6. The van der Waals surface area contributed by atoms with Gasteiger partial charge >= 0.3 is 0 Å². The van der Waals surface area contributed by atoms with Gasteiger partial charge in [0.05, 0.1) is 15.6 Å². The van der Waals surface area contributed by atoms with Crippen LogP contribution in [0.3, 0.4) is 0 Å². The second-order valence-electron chi connectivity index (χ2n) is 6.61. The first kappa shape index (κ1) is 20.4. The zero-order valence-corrected chi connectivity index (χ0v) is 19.6. The van der Waals surface area contributed by atoms with Gasteiger partial charge in [0, 0.05) is 21.5 Å². The Morgan fingerprint density at radius 2 is 1.79 bits per heavy atom. The van der Waals surface area contributed by atoms with Crippen molar-refractivity contribution in [2.24, 2.45) is 0 Å². The molecule has 2 heterocycles. The Balaban J connectivity index is 1.71. The van der Waals surface area contributed by atoms with Gasteiger partial charge in [0.15, 0.2) is 4.32 Å². The van der Waals surface area contributed by atoms with E-state index in [1.807, 2.05) is 68.5 Å². The lowest BCUT2D eigenvalue weighted by Crippen LogP contribution is -2.27. The summed E-state index contributed by atoms with van der Waals surface area (Å²) in [5.74, 6) is -0.0947. The van der Waals surface area contributed by atoms with Crippen molar-refractivity contribution in [3.63, 3.8) is 0 Å². The molecule has 2 aromatic carbocycles. The summed E-state index contributed by atoms with van der Waals surface area (Å²) in [4.78, 5) is 15.2. The average Bonchev–Trinajstić information content (AvgIpc) is 3.13. The molecule has 0 unspecified atom stereocenters. The Hall–Kier alpha value is -1.86. The van der Waals surface area contributed by atoms with Crippen molar-refractivity contribution in [2.75, 3.05) is 4.90 Å². The van der Waals surface area contributed by atoms with E-state index in [-0.39, 0.29) is 5.91 Å². The first-order valence-electron chi connectivity index (χ1n) is 8.84. The number of anilines is 1. The maximum absolute atomic E-state index is 13.0. The molecule has 29 heavy (non-hydrogen) atoms. The second-order valence-corrected chi connectivity index (χ2v) is 9.55. The van der Waals surface area contributed by atoms with Crippen molar-refractivity contribution < 1.29 is 4.79 Å². The highest BCUT2D eigenvalue weighted by atomic mass is 79.9. The monoisotopic (exact) mass is 502 g/mol. The maximum Gasteiger partial charge on any atom is 0.270 e. The molecule has 1 saturated heterocycles. The van der Waals surface area contributed by atoms with E-state index in [0.29, 0.717) is 14.2 Å². The van der Waals surface area contributed by atoms with Crippen LogP contribution in [0, 0.1) is 13.8 Å². The van der Waals surface area contributed by atoms with Gasteiger partial charge in [0.1, 0.15) is 0 Å². The normalized spacial score (nSPS) is 15.6. The van der Waals surface area contributed by atoms with Crippen LogP contribution in [0.5, 0.6) is 0 Å². The third-order valence-electron chi connectivity index (χ3n) is 4.73. The molecule has 146 valence electrons. The van der Waals surface area contributed by atoms with Crippen LogP contribution < -0.4 is 4.90 Å². The number of aromatic nitrogens is 1. The third-order valence-corrected chi connectivity index (χ3v) is 7.26. The zero-order chi connectivity index (χ0) is 20.7. The number of rotatable bonds is 3. The molecule has 0 aliphatic carbocycles. The van der Waals surface area contributed by atoms with E-state index in [2.05, 4.69) is 26.6 Å². The summed E-state index contributed by atoms with van der Waals surface area (Å²) in [6.07, 6.45) is 1.92. The number of benzene rings is 2. The van der Waals surface area contributed by atoms with E-state index in [9.17, 15) is 4.79 Å². The quantitative estimate of drug-likeness (QED) is 0.287. The van der Waals surface area contributed by atoms with Gasteiger partial charge in [-0.3, -0.25) is 9.69 Å². The Kier molecular flexibility index (Phi) is 5.71. The molecule has 1 amide bonds. The Labute approximate surface area is 192 Å². The highest BCUT2D eigenvalue weighted by molar-refractivity contribution is 9.10. The Bertz CT molecular complexity index is 1170. The molecule has 1 fully saturated rings. The fourth-order valence-corrected chi connectivity index (χ4v) is 5.08. The van der Waals surface area contributed by atoms with Crippen molar-refractivity contribution in [3.8, 4) is 5.69 Å². The molecule has 1 aromatic heterocycles. The number of nitrogens with zero attached hydrogens (tertiary/aromatic N) is 2. The summed E-state index contributed by atoms with van der Waals surface area (Å²) in [6, 6.07) is 17.4. The van der Waals surface area contributed by atoms with Gasteiger partial charge in [0.25, 0.3) is 5.91 Å². The van der Waals surface area contributed by atoms with Gasteiger partial charge < -0.3 is 4.57 Å². The molecule has 0 bridgehead atoms. The predicted molar refractivity (Wildman–Crippen MR) is 130 cm³/mol. The maximum atomic E-state index is 13.0. The molecule has 0 saturated carbocycles. The fraction of sp³-hybridized carbons (Fsp3) is 0.0909. The van der Waals surface area contributed by atoms with Crippen molar-refractivity contribution >= 4 is 73.5 Å². The smallest absolute Gasteiger partial charge is 0.270 e. The topological polar surface area (TPSA) is 25.2 Å². The van der Waals surface area contributed by atoms with Crippen LogP contribution in [0.2, 0.25) is 5.02 Å². The number of amides is 1. The predicted octanol–water partition coefficient (Wildman–Crippen LogP) is 6.92. The van der Waals surface area contributed by atoms with Crippen LogP contribution in [-0.4, -0.2) is 14.8 Å². The molecule has 0 radical (unpaired) electrons. The summed E-state index contributed by atoms with van der Waals surface area (Å²) in [6.45, 7) is 4.07. The fourth-order valence-electron chi connectivity index (χ4n) is 3.36. The molecule has 1 aliphatic heterocycles. The molecule has 3 aromatic rings. The SMILES string of the molecule is Cc1cc(/C=C2/SC(=S)N(c3ccccc3)C2=O)c(C)n1-c1ccc(Br)c(Cl)c1. The number of hydrogen-bond acceptors (Lipinski definition) is 3. The number of thiocarbonyl (C=S) groups is 1. The highest BCUT2D eigenvalue weighted by Crippen LogP contribution is 2.37. The van der Waals surface area contributed by atoms with Crippen molar-refractivity contribution in [3.05, 3.63) is 85.9 Å². The largest absolute Gasteiger partial charge is 0.318 e. The Morgan fingerprint density at radius 3 is 2.48 bits per heavy atom. The first-order valence-corrected chi connectivity index (χ1v) is 11.2. The van der Waals surface area contributed by atoms with E-state index in [4.69, 9.17) is 23.8 Å².